The van der Waals surface area contributed by atoms with Crippen LogP contribution in [0.3, 0.4) is 0 Å². The first kappa shape index (κ1) is 24.3. The van der Waals surface area contributed by atoms with Crippen molar-refractivity contribution < 1.29 is 36.2 Å². The van der Waals surface area contributed by atoms with Crippen molar-refractivity contribution in [3.8, 4) is 11.5 Å². The lowest BCUT2D eigenvalue weighted by atomic mass is 9.82. The fourth-order valence-electron chi connectivity index (χ4n) is 3.92. The summed E-state index contributed by atoms with van der Waals surface area (Å²) in [4.78, 5) is 0. The molecule has 0 unspecified atom stereocenters. The van der Waals surface area contributed by atoms with E-state index in [1.54, 1.807) is 6.92 Å². The van der Waals surface area contributed by atoms with Crippen molar-refractivity contribution in [1.29, 1.82) is 0 Å². The smallest absolute Gasteiger partial charge is 0.429 e. The summed E-state index contributed by atoms with van der Waals surface area (Å²) in [6, 6.07) is 5.34. The summed E-state index contributed by atoms with van der Waals surface area (Å²) < 4.78 is 86.9. The molecule has 0 spiro atoms. The third-order valence-electron chi connectivity index (χ3n) is 5.56. The molecule has 3 nitrogen and oxygen atoms in total. The predicted molar refractivity (Wildman–Crippen MR) is 110 cm³/mol. The number of rotatable bonds is 9. The molecule has 0 heterocycles. The standard InChI is InChI=1S/C24H27F5O3/c1-3-13-31-17-8-5-15(6-9-17)16-7-11-20(19(25)14-16)32-24(28,29)18-10-12-21(30-4-2)23(27)22(18)26/h7,10-12,14-15,17H,3-6,8-9,13H2,1-2H3. The van der Waals surface area contributed by atoms with Gasteiger partial charge in [0.15, 0.2) is 23.1 Å². The van der Waals surface area contributed by atoms with Crippen LogP contribution in [0.1, 0.15) is 63.0 Å². The monoisotopic (exact) mass is 458 g/mol. The fourth-order valence-corrected chi connectivity index (χ4v) is 3.92. The summed E-state index contributed by atoms with van der Waals surface area (Å²) in [5, 5.41) is 0. The third kappa shape index (κ3) is 5.52. The number of alkyl halides is 2. The maximum Gasteiger partial charge on any atom is 0.429 e. The SMILES string of the molecule is CCCOC1CCC(c2ccc(OC(F)(F)c3ccc(OCC)c(F)c3F)c(F)c2)CC1. The largest absolute Gasteiger partial charge is 0.491 e. The molecule has 3 rings (SSSR count). The quantitative estimate of drug-likeness (QED) is 0.376. The molecule has 0 aliphatic heterocycles. The average Bonchev–Trinajstić information content (AvgIpc) is 2.77. The van der Waals surface area contributed by atoms with Crippen molar-refractivity contribution in [3.63, 3.8) is 0 Å². The van der Waals surface area contributed by atoms with E-state index in [-0.39, 0.29) is 18.6 Å². The van der Waals surface area contributed by atoms with Gasteiger partial charge in [0.25, 0.3) is 0 Å². The maximum atomic E-state index is 14.6. The molecular formula is C24H27F5O3. The second kappa shape index (κ2) is 10.5. The van der Waals surface area contributed by atoms with Crippen molar-refractivity contribution in [1.82, 2.24) is 0 Å². The van der Waals surface area contributed by atoms with E-state index in [1.165, 1.54) is 12.1 Å². The van der Waals surface area contributed by atoms with Gasteiger partial charge in [-0.15, -0.1) is 0 Å². The Bertz CT molecular complexity index is 911. The van der Waals surface area contributed by atoms with E-state index < -0.39 is 40.6 Å². The van der Waals surface area contributed by atoms with Crippen LogP contribution in [0.4, 0.5) is 22.0 Å². The van der Waals surface area contributed by atoms with Crippen LogP contribution in [0.2, 0.25) is 0 Å². The van der Waals surface area contributed by atoms with Crippen LogP contribution < -0.4 is 9.47 Å². The average molecular weight is 458 g/mol. The van der Waals surface area contributed by atoms with Crippen molar-refractivity contribution in [2.75, 3.05) is 13.2 Å². The Morgan fingerprint density at radius 1 is 0.906 bits per heavy atom. The topological polar surface area (TPSA) is 27.7 Å². The van der Waals surface area contributed by atoms with Gasteiger partial charge < -0.3 is 14.2 Å². The minimum Gasteiger partial charge on any atom is -0.491 e. The minimum atomic E-state index is -4.29. The van der Waals surface area contributed by atoms with Crippen LogP contribution >= 0.6 is 0 Å². The van der Waals surface area contributed by atoms with E-state index in [2.05, 4.69) is 4.74 Å². The molecule has 32 heavy (non-hydrogen) atoms. The van der Waals surface area contributed by atoms with Crippen LogP contribution in [-0.2, 0) is 10.8 Å². The molecule has 1 aliphatic carbocycles. The fraction of sp³-hybridized carbons (Fsp3) is 0.500. The normalized spacial score (nSPS) is 19.1. The molecule has 0 bridgehead atoms. The van der Waals surface area contributed by atoms with Gasteiger partial charge in [-0.2, -0.15) is 13.2 Å². The zero-order chi connectivity index (χ0) is 23.3. The number of hydrogen-bond donors (Lipinski definition) is 0. The lowest BCUT2D eigenvalue weighted by Crippen LogP contribution is -2.25. The summed E-state index contributed by atoms with van der Waals surface area (Å²) in [7, 11) is 0. The van der Waals surface area contributed by atoms with Gasteiger partial charge in [-0.05, 0) is 74.8 Å². The Kier molecular flexibility index (Phi) is 7.98. The number of halogens is 5. The summed E-state index contributed by atoms with van der Waals surface area (Å²) >= 11 is 0. The van der Waals surface area contributed by atoms with Gasteiger partial charge in [0.1, 0.15) is 5.56 Å². The molecule has 2 aromatic carbocycles. The van der Waals surface area contributed by atoms with Gasteiger partial charge in [-0.3, -0.25) is 0 Å². The van der Waals surface area contributed by atoms with Gasteiger partial charge in [-0.25, -0.2) is 8.78 Å². The highest BCUT2D eigenvalue weighted by Crippen LogP contribution is 2.39. The molecular weight excluding hydrogens is 431 g/mol. The Hall–Kier alpha value is -2.35. The Morgan fingerprint density at radius 3 is 2.22 bits per heavy atom. The zero-order valence-corrected chi connectivity index (χ0v) is 18.1. The first-order valence-corrected chi connectivity index (χ1v) is 10.9. The van der Waals surface area contributed by atoms with E-state index in [0.29, 0.717) is 18.2 Å². The molecule has 0 radical (unpaired) electrons. The Labute approximate surface area is 184 Å². The molecule has 1 aliphatic rings. The molecule has 8 heteroatoms. The molecule has 2 aromatic rings. The predicted octanol–water partition coefficient (Wildman–Crippen LogP) is 7.08. The van der Waals surface area contributed by atoms with Crippen molar-refractivity contribution in [2.45, 2.75) is 64.1 Å². The van der Waals surface area contributed by atoms with Gasteiger partial charge in [-0.1, -0.05) is 13.0 Å². The second-order valence-electron chi connectivity index (χ2n) is 7.83. The lowest BCUT2D eigenvalue weighted by molar-refractivity contribution is -0.189. The highest BCUT2D eigenvalue weighted by atomic mass is 19.3. The van der Waals surface area contributed by atoms with Crippen molar-refractivity contribution in [2.24, 2.45) is 0 Å². The highest BCUT2D eigenvalue weighted by Gasteiger charge is 2.40. The van der Waals surface area contributed by atoms with E-state index in [1.807, 2.05) is 6.92 Å². The van der Waals surface area contributed by atoms with E-state index in [0.717, 1.165) is 44.2 Å². The molecule has 0 saturated heterocycles. The Morgan fingerprint density at radius 2 is 1.59 bits per heavy atom. The molecule has 1 saturated carbocycles. The number of ether oxygens (including phenoxy) is 3. The lowest BCUT2D eigenvalue weighted by Gasteiger charge is -2.29. The molecule has 0 atom stereocenters. The second-order valence-corrected chi connectivity index (χ2v) is 7.83. The van der Waals surface area contributed by atoms with Crippen LogP contribution in [0, 0.1) is 17.5 Å². The maximum absolute atomic E-state index is 14.6. The highest BCUT2D eigenvalue weighted by molar-refractivity contribution is 5.35. The molecule has 176 valence electrons. The van der Waals surface area contributed by atoms with Crippen LogP contribution in [0.5, 0.6) is 11.5 Å². The summed E-state index contributed by atoms with van der Waals surface area (Å²) in [5.41, 5.74) is -0.655. The van der Waals surface area contributed by atoms with Crippen molar-refractivity contribution >= 4 is 0 Å². The zero-order valence-electron chi connectivity index (χ0n) is 18.1. The van der Waals surface area contributed by atoms with Gasteiger partial charge in [0.2, 0.25) is 5.82 Å². The van der Waals surface area contributed by atoms with Crippen molar-refractivity contribution in [3.05, 3.63) is 58.9 Å². The van der Waals surface area contributed by atoms with E-state index in [9.17, 15) is 22.0 Å². The van der Waals surface area contributed by atoms with E-state index in [4.69, 9.17) is 9.47 Å². The first-order chi connectivity index (χ1) is 15.3. The van der Waals surface area contributed by atoms with Crippen LogP contribution in [-0.4, -0.2) is 19.3 Å². The van der Waals surface area contributed by atoms with Crippen LogP contribution in [0.25, 0.3) is 0 Å². The van der Waals surface area contributed by atoms with Gasteiger partial charge in [0, 0.05) is 6.61 Å². The minimum absolute atomic E-state index is 0.0353. The van der Waals surface area contributed by atoms with Crippen LogP contribution in [0.15, 0.2) is 30.3 Å². The molecule has 0 N–H and O–H groups in total. The van der Waals surface area contributed by atoms with Gasteiger partial charge >= 0.3 is 6.11 Å². The first-order valence-electron chi connectivity index (χ1n) is 10.9. The van der Waals surface area contributed by atoms with E-state index >= 15 is 0 Å². The molecule has 1 fully saturated rings. The molecule has 0 aromatic heterocycles. The Balaban J connectivity index is 1.71. The summed E-state index contributed by atoms with van der Waals surface area (Å²) in [6.07, 6.45) is 0.177. The summed E-state index contributed by atoms with van der Waals surface area (Å²) in [6.45, 7) is 4.33. The van der Waals surface area contributed by atoms with Gasteiger partial charge in [0.05, 0.1) is 12.7 Å². The number of hydrogen-bond acceptors (Lipinski definition) is 3. The molecule has 0 amide bonds. The number of benzene rings is 2. The third-order valence-corrected chi connectivity index (χ3v) is 5.56. The summed E-state index contributed by atoms with van der Waals surface area (Å²) in [5.74, 6) is -5.49.